The molecule has 1 aliphatic heterocycles. The van der Waals surface area contributed by atoms with Crippen LogP contribution in [-0.2, 0) is 14.8 Å². The molecule has 4 rings (SSSR count). The third kappa shape index (κ3) is 5.51. The summed E-state index contributed by atoms with van der Waals surface area (Å²) in [5.74, 6) is 0.695. The Kier molecular flexibility index (Phi) is 7.50. The number of para-hydroxylation sites is 1. The van der Waals surface area contributed by atoms with Gasteiger partial charge in [-0.25, -0.2) is 13.4 Å². The molecule has 0 aliphatic carbocycles. The van der Waals surface area contributed by atoms with Crippen LogP contribution in [0.2, 0.25) is 0 Å². The van der Waals surface area contributed by atoms with E-state index in [2.05, 4.69) is 16.4 Å². The van der Waals surface area contributed by atoms with E-state index in [1.807, 2.05) is 25.1 Å². The lowest BCUT2D eigenvalue weighted by Crippen LogP contribution is -2.35. The van der Waals surface area contributed by atoms with Crippen LogP contribution in [0, 0.1) is 6.92 Å². The smallest absolute Gasteiger partial charge is 0.243 e. The van der Waals surface area contributed by atoms with Crippen molar-refractivity contribution in [3.63, 3.8) is 0 Å². The number of carbonyl (C=O) groups excluding carboxylic acids is 1. The van der Waals surface area contributed by atoms with E-state index in [4.69, 9.17) is 0 Å². The minimum Gasteiger partial charge on any atom is -0.326 e. The number of hydrogen-bond donors (Lipinski definition) is 1. The minimum absolute atomic E-state index is 0.106. The van der Waals surface area contributed by atoms with Gasteiger partial charge in [0.15, 0.2) is 4.34 Å². The molecule has 1 fully saturated rings. The first-order valence-corrected chi connectivity index (χ1v) is 14.1. The Balaban J connectivity index is 1.32. The highest BCUT2D eigenvalue weighted by Crippen LogP contribution is 2.30. The van der Waals surface area contributed by atoms with E-state index in [0.717, 1.165) is 46.9 Å². The van der Waals surface area contributed by atoms with E-state index in [1.165, 1.54) is 4.70 Å². The molecular weight excluding hydrogens is 462 g/mol. The van der Waals surface area contributed by atoms with E-state index in [0.29, 0.717) is 25.2 Å². The molecule has 1 aromatic heterocycles. The number of piperidine rings is 1. The second-order valence-corrected chi connectivity index (χ2v) is 12.2. The lowest BCUT2D eigenvalue weighted by atomic mass is 10.2. The molecule has 0 radical (unpaired) electrons. The molecule has 3 aromatic rings. The molecular formula is C23H27N3O3S3. The van der Waals surface area contributed by atoms with Crippen LogP contribution >= 0.6 is 23.1 Å². The number of nitrogens with one attached hydrogen (secondary N) is 1. The van der Waals surface area contributed by atoms with E-state index in [-0.39, 0.29) is 10.8 Å². The van der Waals surface area contributed by atoms with Gasteiger partial charge in [-0.3, -0.25) is 4.79 Å². The zero-order chi connectivity index (χ0) is 22.6. The summed E-state index contributed by atoms with van der Waals surface area (Å²) in [5.41, 5.74) is 2.42. The van der Waals surface area contributed by atoms with Gasteiger partial charge in [0.05, 0.1) is 15.1 Å². The SMILES string of the molecule is Cc1ccc(S(=O)(=O)N2CCCCC2)cc1NC(=O)CCCSc1nc2ccccc2s1. The van der Waals surface area contributed by atoms with Gasteiger partial charge in [0.25, 0.3) is 0 Å². The second-order valence-electron chi connectivity index (χ2n) is 7.89. The molecule has 1 amide bonds. The topological polar surface area (TPSA) is 79.4 Å². The molecule has 0 saturated carbocycles. The van der Waals surface area contributed by atoms with E-state index >= 15 is 0 Å². The van der Waals surface area contributed by atoms with Gasteiger partial charge < -0.3 is 5.32 Å². The van der Waals surface area contributed by atoms with Gasteiger partial charge in [-0.05, 0) is 56.0 Å². The Morgan fingerprint density at radius 1 is 1.16 bits per heavy atom. The largest absolute Gasteiger partial charge is 0.326 e. The maximum atomic E-state index is 13.0. The standard InChI is InChI=1S/C23H27N3O3S3/c1-17-11-12-18(32(28,29)26-13-5-2-6-14-26)16-20(17)24-22(27)10-7-15-30-23-25-19-8-3-4-9-21(19)31-23/h3-4,8-9,11-12,16H,2,5-7,10,13-15H2,1H3,(H,24,27). The number of nitrogens with zero attached hydrogens (tertiary/aromatic N) is 2. The van der Waals surface area contributed by atoms with Crippen molar-refractivity contribution in [2.45, 2.75) is 48.3 Å². The number of carbonyl (C=O) groups is 1. The number of rotatable bonds is 8. The Morgan fingerprint density at radius 2 is 1.94 bits per heavy atom. The summed E-state index contributed by atoms with van der Waals surface area (Å²) in [7, 11) is -3.53. The van der Waals surface area contributed by atoms with Crippen LogP contribution in [0.15, 0.2) is 51.7 Å². The van der Waals surface area contributed by atoms with Crippen LogP contribution in [0.25, 0.3) is 10.2 Å². The van der Waals surface area contributed by atoms with Crippen molar-refractivity contribution in [1.29, 1.82) is 0 Å². The van der Waals surface area contributed by atoms with E-state index < -0.39 is 10.0 Å². The first-order chi connectivity index (χ1) is 15.4. The number of hydrogen-bond acceptors (Lipinski definition) is 6. The molecule has 2 heterocycles. The number of aromatic nitrogens is 1. The lowest BCUT2D eigenvalue weighted by Gasteiger charge is -2.26. The number of benzene rings is 2. The molecule has 170 valence electrons. The van der Waals surface area contributed by atoms with Gasteiger partial charge in [-0.15, -0.1) is 11.3 Å². The third-order valence-corrected chi connectivity index (χ3v) is 9.64. The third-order valence-electron chi connectivity index (χ3n) is 5.48. The van der Waals surface area contributed by atoms with Gasteiger partial charge in [-0.2, -0.15) is 4.31 Å². The average Bonchev–Trinajstić information content (AvgIpc) is 3.21. The van der Waals surface area contributed by atoms with Crippen molar-refractivity contribution >= 4 is 54.9 Å². The molecule has 0 bridgehead atoms. The summed E-state index contributed by atoms with van der Waals surface area (Å²) in [4.78, 5) is 17.3. The van der Waals surface area contributed by atoms with Crippen molar-refractivity contribution in [3.8, 4) is 0 Å². The highest BCUT2D eigenvalue weighted by atomic mass is 32.2. The van der Waals surface area contributed by atoms with Crippen molar-refractivity contribution < 1.29 is 13.2 Å². The summed E-state index contributed by atoms with van der Waals surface area (Å²) in [5, 5.41) is 2.90. The predicted molar refractivity (Wildman–Crippen MR) is 132 cm³/mol. The first kappa shape index (κ1) is 23.2. The summed E-state index contributed by atoms with van der Waals surface area (Å²) in [6.07, 6.45) is 3.95. The van der Waals surface area contributed by atoms with Crippen LogP contribution in [0.4, 0.5) is 5.69 Å². The van der Waals surface area contributed by atoms with Crippen molar-refractivity contribution in [2.24, 2.45) is 0 Å². The maximum absolute atomic E-state index is 13.0. The fourth-order valence-corrected chi connectivity index (χ4v) is 7.29. The minimum atomic E-state index is -3.53. The van der Waals surface area contributed by atoms with Gasteiger partial charge in [0.1, 0.15) is 0 Å². The van der Waals surface area contributed by atoms with Crippen LogP contribution in [0.3, 0.4) is 0 Å². The molecule has 9 heteroatoms. The Hall–Kier alpha value is -1.94. The first-order valence-electron chi connectivity index (χ1n) is 10.8. The second kappa shape index (κ2) is 10.3. The Morgan fingerprint density at radius 3 is 2.72 bits per heavy atom. The lowest BCUT2D eigenvalue weighted by molar-refractivity contribution is -0.116. The molecule has 1 aliphatic rings. The van der Waals surface area contributed by atoms with Gasteiger partial charge in [-0.1, -0.05) is 36.4 Å². The number of fused-ring (bicyclic) bond motifs is 1. The summed E-state index contributed by atoms with van der Waals surface area (Å²) < 4.78 is 29.6. The number of anilines is 1. The van der Waals surface area contributed by atoms with Crippen LogP contribution < -0.4 is 5.32 Å². The predicted octanol–water partition coefficient (Wildman–Crippen LogP) is 5.29. The maximum Gasteiger partial charge on any atom is 0.243 e. The monoisotopic (exact) mass is 489 g/mol. The van der Waals surface area contributed by atoms with Crippen molar-refractivity contribution in [2.75, 3.05) is 24.2 Å². The summed E-state index contributed by atoms with van der Waals surface area (Å²) in [6.45, 7) is 2.99. The summed E-state index contributed by atoms with van der Waals surface area (Å²) in [6, 6.07) is 13.0. The fourth-order valence-electron chi connectivity index (χ4n) is 3.67. The number of thioether (sulfide) groups is 1. The number of sulfonamides is 1. The van der Waals surface area contributed by atoms with Crippen LogP contribution in [0.1, 0.15) is 37.7 Å². The highest BCUT2D eigenvalue weighted by Gasteiger charge is 2.26. The molecule has 0 atom stereocenters. The molecule has 32 heavy (non-hydrogen) atoms. The average molecular weight is 490 g/mol. The van der Waals surface area contributed by atoms with Gasteiger partial charge in [0.2, 0.25) is 15.9 Å². The van der Waals surface area contributed by atoms with Gasteiger partial charge >= 0.3 is 0 Å². The van der Waals surface area contributed by atoms with E-state index in [1.54, 1.807) is 45.6 Å². The molecule has 0 unspecified atom stereocenters. The molecule has 1 saturated heterocycles. The number of amides is 1. The quantitative estimate of drug-likeness (QED) is 0.344. The van der Waals surface area contributed by atoms with E-state index in [9.17, 15) is 13.2 Å². The van der Waals surface area contributed by atoms with Gasteiger partial charge in [0, 0.05) is 31.0 Å². The number of thiazole rings is 1. The van der Waals surface area contributed by atoms with Crippen molar-refractivity contribution in [1.82, 2.24) is 9.29 Å². The highest BCUT2D eigenvalue weighted by molar-refractivity contribution is 8.01. The molecule has 0 spiro atoms. The molecule has 6 nitrogen and oxygen atoms in total. The van der Waals surface area contributed by atoms with Crippen molar-refractivity contribution in [3.05, 3.63) is 48.0 Å². The normalized spacial score (nSPS) is 15.2. The Bertz CT molecular complexity index is 1170. The Labute approximate surface area is 197 Å². The molecule has 1 N–H and O–H groups in total. The number of aryl methyl sites for hydroxylation is 1. The summed E-state index contributed by atoms with van der Waals surface area (Å²) >= 11 is 3.33. The zero-order valence-electron chi connectivity index (χ0n) is 18.0. The van der Waals surface area contributed by atoms with Crippen LogP contribution in [-0.4, -0.2) is 42.5 Å². The molecule has 2 aromatic carbocycles. The fraction of sp³-hybridized carbons (Fsp3) is 0.391. The van der Waals surface area contributed by atoms with Crippen LogP contribution in [0.5, 0.6) is 0 Å². The zero-order valence-corrected chi connectivity index (χ0v) is 20.5.